The van der Waals surface area contributed by atoms with Gasteiger partial charge < -0.3 is 9.64 Å². The third-order valence-corrected chi connectivity index (χ3v) is 4.87. The van der Waals surface area contributed by atoms with Crippen LogP contribution in [0.2, 0.25) is 0 Å². The van der Waals surface area contributed by atoms with Crippen LogP contribution in [0.1, 0.15) is 29.4 Å². The molecule has 0 amide bonds. The van der Waals surface area contributed by atoms with Crippen molar-refractivity contribution in [3.05, 3.63) is 65.0 Å². The maximum atomic E-state index is 5.99. The second-order valence-electron chi connectivity index (χ2n) is 6.46. The lowest BCUT2D eigenvalue weighted by molar-refractivity contribution is 0.473. The van der Waals surface area contributed by atoms with Crippen molar-refractivity contribution < 1.29 is 4.74 Å². The van der Waals surface area contributed by atoms with Gasteiger partial charge in [-0.05, 0) is 49.6 Å². The van der Waals surface area contributed by atoms with E-state index in [4.69, 9.17) is 4.74 Å². The molecule has 1 heterocycles. The van der Waals surface area contributed by atoms with Gasteiger partial charge in [-0.1, -0.05) is 30.3 Å². The summed E-state index contributed by atoms with van der Waals surface area (Å²) in [6.07, 6.45) is 2.56. The fourth-order valence-electron chi connectivity index (χ4n) is 2.49. The molecular weight excluding hydrogens is 356 g/mol. The van der Waals surface area contributed by atoms with Crippen LogP contribution in [0.25, 0.3) is 0 Å². The Morgan fingerprint density at radius 2 is 1.93 bits per heavy atom. The van der Waals surface area contributed by atoms with Gasteiger partial charge in [-0.25, -0.2) is 4.99 Å². The zero-order chi connectivity index (χ0) is 19.2. The quantitative estimate of drug-likeness (QED) is 0.420. The molecule has 140 valence electrons. The van der Waals surface area contributed by atoms with Gasteiger partial charge in [0.2, 0.25) is 0 Å². The Labute approximate surface area is 164 Å². The molecule has 0 spiro atoms. The van der Waals surface area contributed by atoms with Crippen molar-refractivity contribution in [3.63, 3.8) is 0 Å². The Morgan fingerprint density at radius 1 is 1.15 bits per heavy atom. The molecule has 0 saturated heterocycles. The third kappa shape index (κ3) is 5.14. The highest BCUT2D eigenvalue weighted by Gasteiger charge is 2.11. The van der Waals surface area contributed by atoms with Crippen LogP contribution in [0.15, 0.2) is 47.5 Å². The number of nitrogens with zero attached hydrogens (tertiary/aromatic N) is 4. The van der Waals surface area contributed by atoms with Crippen LogP contribution in [0.4, 0.5) is 5.69 Å². The molecule has 5 nitrogen and oxygen atoms in total. The van der Waals surface area contributed by atoms with E-state index >= 15 is 0 Å². The summed E-state index contributed by atoms with van der Waals surface area (Å²) in [5, 5.41) is 0.561. The van der Waals surface area contributed by atoms with Gasteiger partial charge >= 0.3 is 0 Å². The van der Waals surface area contributed by atoms with Crippen molar-refractivity contribution >= 4 is 23.6 Å². The summed E-state index contributed by atoms with van der Waals surface area (Å²) in [5.41, 5.74) is 4.22. The number of aryl methyl sites for hydroxylation is 2. The second-order valence-corrected chi connectivity index (χ2v) is 7.18. The predicted molar refractivity (Wildman–Crippen MR) is 112 cm³/mol. The topological polar surface area (TPSA) is 50.6 Å². The minimum Gasteiger partial charge on any atom is -0.430 e. The van der Waals surface area contributed by atoms with Gasteiger partial charge in [-0.15, -0.1) is 0 Å². The van der Waals surface area contributed by atoms with Crippen LogP contribution in [0.3, 0.4) is 0 Å². The summed E-state index contributed by atoms with van der Waals surface area (Å²) < 4.78 is 10.4. The summed E-state index contributed by atoms with van der Waals surface area (Å²) >= 11 is 1.28. The van der Waals surface area contributed by atoms with E-state index in [9.17, 15) is 0 Å². The Hall–Kier alpha value is -2.73. The highest BCUT2D eigenvalue weighted by Crippen LogP contribution is 2.32. The molecule has 0 aliphatic carbocycles. The van der Waals surface area contributed by atoms with Crippen LogP contribution in [-0.4, -0.2) is 34.2 Å². The van der Waals surface area contributed by atoms with Crippen molar-refractivity contribution in [3.8, 4) is 10.9 Å². The van der Waals surface area contributed by atoms with Crippen LogP contribution in [-0.2, 0) is 6.42 Å². The standard InChI is InChI=1S/C21H24N4OS/c1-5-25(4)14-22-18-11-16(3)19(12-15(18)2)26-21-23-20(24-27-21)13-17-9-7-6-8-10-17/h6-12,14H,5,13H2,1-4H3. The van der Waals surface area contributed by atoms with Gasteiger partial charge in [0.15, 0.2) is 5.82 Å². The van der Waals surface area contributed by atoms with Crippen LogP contribution >= 0.6 is 11.5 Å². The molecule has 0 saturated carbocycles. The predicted octanol–water partition coefficient (Wildman–Crippen LogP) is 5.15. The monoisotopic (exact) mass is 380 g/mol. The molecule has 1 aromatic heterocycles. The number of rotatable bonds is 7. The third-order valence-electron chi connectivity index (χ3n) is 4.24. The van der Waals surface area contributed by atoms with Gasteiger partial charge in [-0.2, -0.15) is 9.36 Å². The highest BCUT2D eigenvalue weighted by molar-refractivity contribution is 7.07. The number of benzene rings is 2. The van der Waals surface area contributed by atoms with E-state index in [2.05, 4.69) is 33.4 Å². The average Bonchev–Trinajstić information content (AvgIpc) is 3.10. The largest absolute Gasteiger partial charge is 0.430 e. The van der Waals surface area contributed by atoms with E-state index in [1.54, 1.807) is 0 Å². The smallest absolute Gasteiger partial charge is 0.298 e. The second kappa shape index (κ2) is 8.77. The van der Waals surface area contributed by atoms with E-state index in [0.717, 1.165) is 34.9 Å². The number of aromatic nitrogens is 2. The summed E-state index contributed by atoms with van der Waals surface area (Å²) in [4.78, 5) is 11.1. The van der Waals surface area contributed by atoms with Crippen molar-refractivity contribution in [2.75, 3.05) is 13.6 Å². The van der Waals surface area contributed by atoms with Gasteiger partial charge in [0.25, 0.3) is 5.19 Å². The normalized spacial score (nSPS) is 11.1. The molecule has 0 radical (unpaired) electrons. The Balaban J connectivity index is 1.72. The lowest BCUT2D eigenvalue weighted by Gasteiger charge is -2.11. The zero-order valence-electron chi connectivity index (χ0n) is 16.1. The maximum absolute atomic E-state index is 5.99. The molecule has 0 N–H and O–H groups in total. The van der Waals surface area contributed by atoms with Crippen molar-refractivity contribution in [1.29, 1.82) is 0 Å². The van der Waals surface area contributed by atoms with Crippen molar-refractivity contribution in [1.82, 2.24) is 14.3 Å². The van der Waals surface area contributed by atoms with Gasteiger partial charge in [-0.3, -0.25) is 0 Å². The molecular formula is C21H24N4OS. The zero-order valence-corrected chi connectivity index (χ0v) is 17.0. The molecule has 3 rings (SSSR count). The van der Waals surface area contributed by atoms with Gasteiger partial charge in [0, 0.05) is 31.5 Å². The summed E-state index contributed by atoms with van der Waals surface area (Å²) in [5.74, 6) is 1.57. The van der Waals surface area contributed by atoms with Crippen molar-refractivity contribution in [2.24, 2.45) is 4.99 Å². The Morgan fingerprint density at radius 3 is 2.67 bits per heavy atom. The molecule has 0 fully saturated rings. The first-order valence-corrected chi connectivity index (χ1v) is 9.72. The molecule has 0 aliphatic heterocycles. The molecule has 0 bridgehead atoms. The van der Waals surface area contributed by atoms with E-state index in [0.29, 0.717) is 11.6 Å². The maximum Gasteiger partial charge on any atom is 0.298 e. The fourth-order valence-corrected chi connectivity index (χ4v) is 3.05. The van der Waals surface area contributed by atoms with E-state index in [-0.39, 0.29) is 0 Å². The van der Waals surface area contributed by atoms with E-state index in [1.807, 2.05) is 62.5 Å². The first-order chi connectivity index (χ1) is 13.0. The summed E-state index contributed by atoms with van der Waals surface area (Å²) in [6, 6.07) is 14.2. The molecule has 27 heavy (non-hydrogen) atoms. The molecule has 0 unspecified atom stereocenters. The number of hydrogen-bond acceptors (Lipinski definition) is 5. The van der Waals surface area contributed by atoms with E-state index in [1.165, 1.54) is 17.1 Å². The van der Waals surface area contributed by atoms with Crippen LogP contribution < -0.4 is 4.74 Å². The lowest BCUT2D eigenvalue weighted by Crippen LogP contribution is -2.14. The lowest BCUT2D eigenvalue weighted by atomic mass is 10.1. The SMILES string of the molecule is CCN(C)C=Nc1cc(C)c(Oc2nc(Cc3ccccc3)ns2)cc1C. The molecule has 2 aromatic carbocycles. The first kappa shape index (κ1) is 19.0. The summed E-state index contributed by atoms with van der Waals surface area (Å²) in [6.45, 7) is 7.06. The minimum atomic E-state index is 0.561. The number of ether oxygens (including phenoxy) is 1. The van der Waals surface area contributed by atoms with Crippen LogP contribution in [0.5, 0.6) is 10.9 Å². The number of aliphatic imine (C=N–C) groups is 1. The van der Waals surface area contributed by atoms with Gasteiger partial charge in [0.05, 0.1) is 12.0 Å². The summed E-state index contributed by atoms with van der Waals surface area (Å²) in [7, 11) is 2.01. The Bertz CT molecular complexity index is 921. The fraction of sp³-hybridized carbons (Fsp3) is 0.286. The van der Waals surface area contributed by atoms with E-state index < -0.39 is 0 Å². The highest BCUT2D eigenvalue weighted by atomic mass is 32.1. The average molecular weight is 381 g/mol. The molecule has 6 heteroatoms. The molecule has 0 aliphatic rings. The van der Waals surface area contributed by atoms with Gasteiger partial charge in [0.1, 0.15) is 5.75 Å². The molecule has 0 atom stereocenters. The number of hydrogen-bond donors (Lipinski definition) is 0. The first-order valence-electron chi connectivity index (χ1n) is 8.95. The van der Waals surface area contributed by atoms with Crippen LogP contribution in [0, 0.1) is 13.8 Å². The minimum absolute atomic E-state index is 0.561. The van der Waals surface area contributed by atoms with Crippen molar-refractivity contribution in [2.45, 2.75) is 27.2 Å². The molecule has 3 aromatic rings. The Kier molecular flexibility index (Phi) is 6.19.